The molecule has 0 aromatic carbocycles. The van der Waals surface area contributed by atoms with Crippen molar-refractivity contribution in [2.75, 3.05) is 6.61 Å². The van der Waals surface area contributed by atoms with E-state index in [0.717, 1.165) is 50.5 Å². The Balaban J connectivity index is 0.848. The van der Waals surface area contributed by atoms with Gasteiger partial charge in [0.15, 0.2) is 18.9 Å². The van der Waals surface area contributed by atoms with Gasteiger partial charge < -0.3 is 63.4 Å². The minimum absolute atomic E-state index is 0.00291. The van der Waals surface area contributed by atoms with Crippen LogP contribution in [0, 0.1) is 34.5 Å². The number of hydrogen-bond acceptors (Lipinski definition) is 15. The largest absolute Gasteiger partial charge is 0.462 e. The Labute approximate surface area is 341 Å². The third kappa shape index (κ3) is 7.60. The van der Waals surface area contributed by atoms with Crippen molar-refractivity contribution in [3.63, 3.8) is 0 Å². The van der Waals surface area contributed by atoms with Crippen molar-refractivity contribution in [1.82, 2.24) is 0 Å². The van der Waals surface area contributed by atoms with E-state index >= 15 is 0 Å². The fourth-order valence-corrected chi connectivity index (χ4v) is 13.2. The van der Waals surface area contributed by atoms with Crippen LogP contribution in [0.15, 0.2) is 11.6 Å². The predicted molar refractivity (Wildman–Crippen MR) is 202 cm³/mol. The van der Waals surface area contributed by atoms with Gasteiger partial charge in [-0.05, 0) is 94.5 Å². The zero-order valence-electron chi connectivity index (χ0n) is 34.8. The highest BCUT2D eigenvalue weighted by Gasteiger charge is 2.71. The molecule has 0 bridgehead atoms. The molecule has 5 N–H and O–H groups in total. The molecule has 4 heterocycles. The van der Waals surface area contributed by atoms with E-state index in [-0.39, 0.29) is 61.2 Å². The molecule has 15 heteroatoms. The minimum Gasteiger partial charge on any atom is -0.462 e. The topological polar surface area (TPSA) is 209 Å². The number of aliphatic hydroxyl groups is 5. The third-order valence-corrected chi connectivity index (χ3v) is 16.1. The van der Waals surface area contributed by atoms with E-state index in [9.17, 15) is 35.1 Å². The van der Waals surface area contributed by atoms with E-state index in [1.165, 1.54) is 13.0 Å². The number of rotatable bonds is 8. The smallest absolute Gasteiger partial charge is 0.331 e. The molecular formula is C43H66O15. The molecule has 21 atom stereocenters. The summed E-state index contributed by atoms with van der Waals surface area (Å²) in [5, 5.41) is 55.4. The Bertz CT molecular complexity index is 1520. The Morgan fingerprint density at radius 3 is 1.93 bits per heavy atom. The molecule has 15 nitrogen and oxygen atoms in total. The average molecular weight is 823 g/mol. The molecule has 7 fully saturated rings. The fraction of sp³-hybridized carbons (Fsp3) is 0.907. The lowest BCUT2D eigenvalue weighted by Crippen LogP contribution is -2.62. The molecule has 0 spiro atoms. The lowest BCUT2D eigenvalue weighted by Gasteiger charge is -2.63. The third-order valence-electron chi connectivity index (χ3n) is 16.1. The van der Waals surface area contributed by atoms with E-state index in [1.807, 2.05) is 6.92 Å². The number of carbonyl (C=O) groups excluding carboxylic acids is 2. The number of ether oxygens (including phenoxy) is 8. The second kappa shape index (κ2) is 16.2. The Morgan fingerprint density at radius 2 is 1.36 bits per heavy atom. The quantitative estimate of drug-likeness (QED) is 0.176. The van der Waals surface area contributed by atoms with Crippen molar-refractivity contribution in [3.05, 3.63) is 11.6 Å². The first-order valence-corrected chi connectivity index (χ1v) is 21.8. The van der Waals surface area contributed by atoms with Crippen LogP contribution in [0.1, 0.15) is 112 Å². The maximum Gasteiger partial charge on any atom is 0.331 e. The summed E-state index contributed by atoms with van der Waals surface area (Å²) in [4.78, 5) is 24.4. The molecule has 8 rings (SSSR count). The Hall–Kier alpha value is -1.76. The summed E-state index contributed by atoms with van der Waals surface area (Å²) in [5.41, 5.74) is -0.805. The fourth-order valence-electron chi connectivity index (χ4n) is 13.2. The average Bonchev–Trinajstić information content (AvgIpc) is 3.66. The molecule has 4 aliphatic carbocycles. The first kappa shape index (κ1) is 42.9. The number of carbonyl (C=O) groups is 2. The predicted octanol–water partition coefficient (Wildman–Crippen LogP) is 2.79. The van der Waals surface area contributed by atoms with Gasteiger partial charge in [0, 0.05) is 50.0 Å². The highest BCUT2D eigenvalue weighted by atomic mass is 16.7. The summed E-state index contributed by atoms with van der Waals surface area (Å²) in [7, 11) is 0. The maximum atomic E-state index is 12.8. The van der Waals surface area contributed by atoms with Crippen molar-refractivity contribution in [1.29, 1.82) is 0 Å². The summed E-state index contributed by atoms with van der Waals surface area (Å²) in [6.07, 6.45) is -1.36. The second-order valence-corrected chi connectivity index (χ2v) is 19.5. The Morgan fingerprint density at radius 1 is 0.759 bits per heavy atom. The van der Waals surface area contributed by atoms with Crippen molar-refractivity contribution in [2.45, 2.75) is 204 Å². The minimum atomic E-state index is -1.05. The standard InChI is InChI=1S/C43H66O15/c1-20-38(49)29(45)15-35(52-20)57-40-22(3)54-36(17-31(40)47)58-39-21(2)53-34(16-30(39)46)56-26-9-11-41(5)25(14-26)7-8-28-27(41)10-12-42(6)37(24-13-33(48)51-19-24)32(55-23(4)44)18-43(28,42)50/h13,20-22,25-32,34-40,45-47,49-50H,7-12,14-19H2,1-6H3/t20-,21-,22-,25-,26+,27+,28-,29+,30+,31+,32+,34+,35-,36-,37+,38-,39-,40+,41+,42-,43+/m1/s1. The van der Waals surface area contributed by atoms with Crippen LogP contribution in [0.5, 0.6) is 0 Å². The molecule has 4 aliphatic heterocycles. The molecule has 0 aromatic rings. The van der Waals surface area contributed by atoms with Gasteiger partial charge in [0.05, 0.1) is 48.3 Å². The van der Waals surface area contributed by atoms with E-state index in [0.29, 0.717) is 18.3 Å². The molecule has 58 heavy (non-hydrogen) atoms. The second-order valence-electron chi connectivity index (χ2n) is 19.5. The highest BCUT2D eigenvalue weighted by Crippen LogP contribution is 2.70. The molecule has 0 amide bonds. The van der Waals surface area contributed by atoms with Gasteiger partial charge in [-0.2, -0.15) is 0 Å². The van der Waals surface area contributed by atoms with Crippen LogP contribution in [0.4, 0.5) is 0 Å². The SMILES string of the molecule is CC(=O)O[C@H]1C[C@]2(O)[C@@H]3CC[C@@H]4C[C@@H](O[C@H]5C[C@H](O)[C@H](O[C@@H]6C[C@H](O)[C@@H](O[C@@H]7C[C@H](O)[C@H](O)[C@@H](C)O7)[C@@H](C)O6)[C@@H](C)O5)CC[C@]4(C)[C@H]3CC[C@]2(C)[C@H]1C1=CC(=O)OC1. The normalized spacial score (nSPS) is 53.2. The van der Waals surface area contributed by atoms with Crippen molar-refractivity contribution >= 4 is 11.9 Å². The van der Waals surface area contributed by atoms with Crippen LogP contribution in [0.3, 0.4) is 0 Å². The van der Waals surface area contributed by atoms with Crippen LogP contribution < -0.4 is 0 Å². The van der Waals surface area contributed by atoms with Gasteiger partial charge in [0.25, 0.3) is 0 Å². The molecule has 328 valence electrons. The van der Waals surface area contributed by atoms with Gasteiger partial charge in [-0.3, -0.25) is 4.79 Å². The number of esters is 2. The van der Waals surface area contributed by atoms with Crippen molar-refractivity contribution in [2.24, 2.45) is 34.5 Å². The summed E-state index contributed by atoms with van der Waals surface area (Å²) in [5.74, 6) is -0.330. The first-order valence-electron chi connectivity index (χ1n) is 21.8. The van der Waals surface area contributed by atoms with Gasteiger partial charge in [-0.1, -0.05) is 13.8 Å². The van der Waals surface area contributed by atoms with Crippen LogP contribution in [-0.2, 0) is 47.5 Å². The van der Waals surface area contributed by atoms with Crippen molar-refractivity contribution in [3.8, 4) is 0 Å². The van der Waals surface area contributed by atoms with Crippen LogP contribution in [0.25, 0.3) is 0 Å². The number of fused-ring (bicyclic) bond motifs is 5. The Kier molecular flexibility index (Phi) is 12.0. The molecule has 4 saturated carbocycles. The van der Waals surface area contributed by atoms with Crippen LogP contribution in [-0.4, -0.2) is 136 Å². The van der Waals surface area contributed by atoms with E-state index in [4.69, 9.17) is 37.9 Å². The molecule has 8 aliphatic rings. The van der Waals surface area contributed by atoms with Gasteiger partial charge in [-0.25, -0.2) is 4.79 Å². The molecule has 0 aromatic heterocycles. The summed E-state index contributed by atoms with van der Waals surface area (Å²) >= 11 is 0. The van der Waals surface area contributed by atoms with Crippen LogP contribution in [0.2, 0.25) is 0 Å². The van der Waals surface area contributed by atoms with Gasteiger partial charge >= 0.3 is 11.9 Å². The zero-order valence-corrected chi connectivity index (χ0v) is 34.8. The zero-order chi connectivity index (χ0) is 41.5. The molecule has 0 unspecified atom stereocenters. The van der Waals surface area contributed by atoms with Gasteiger partial charge in [-0.15, -0.1) is 0 Å². The lowest BCUT2D eigenvalue weighted by atomic mass is 9.43. The summed E-state index contributed by atoms with van der Waals surface area (Å²) < 4.78 is 48.1. The maximum absolute atomic E-state index is 12.8. The summed E-state index contributed by atoms with van der Waals surface area (Å²) in [6.45, 7) is 11.3. The summed E-state index contributed by atoms with van der Waals surface area (Å²) in [6, 6.07) is 0. The van der Waals surface area contributed by atoms with E-state index in [2.05, 4.69) is 13.8 Å². The first-order chi connectivity index (χ1) is 27.4. The number of aliphatic hydroxyl groups excluding tert-OH is 4. The molecule has 0 radical (unpaired) electrons. The molecule has 3 saturated heterocycles. The highest BCUT2D eigenvalue weighted by molar-refractivity contribution is 5.85. The van der Waals surface area contributed by atoms with Crippen molar-refractivity contribution < 1.29 is 73.0 Å². The van der Waals surface area contributed by atoms with Gasteiger partial charge in [0.2, 0.25) is 0 Å². The van der Waals surface area contributed by atoms with Gasteiger partial charge in [0.1, 0.15) is 31.0 Å². The monoisotopic (exact) mass is 822 g/mol. The molecular weight excluding hydrogens is 756 g/mol. The lowest BCUT2D eigenvalue weighted by molar-refractivity contribution is -0.336. The van der Waals surface area contributed by atoms with E-state index in [1.54, 1.807) is 13.8 Å². The number of cyclic esters (lactones) is 1. The number of hydrogen-bond donors (Lipinski definition) is 5. The van der Waals surface area contributed by atoms with E-state index < -0.39 is 90.9 Å². The van der Waals surface area contributed by atoms with Crippen LogP contribution >= 0.6 is 0 Å².